The van der Waals surface area contributed by atoms with Gasteiger partial charge in [-0.2, -0.15) is 0 Å². The van der Waals surface area contributed by atoms with Gasteiger partial charge in [-0.1, -0.05) is 18.2 Å². The molecule has 6 nitrogen and oxygen atoms in total. The molecule has 0 radical (unpaired) electrons. The van der Waals surface area contributed by atoms with Crippen molar-refractivity contribution < 1.29 is 4.79 Å². The lowest BCUT2D eigenvalue weighted by atomic mass is 10.2. The van der Waals surface area contributed by atoms with Gasteiger partial charge in [-0.3, -0.25) is 19.9 Å². The number of amides is 1. The fourth-order valence-electron chi connectivity index (χ4n) is 1.24. The molecule has 1 amide bonds. The summed E-state index contributed by atoms with van der Waals surface area (Å²) in [6.07, 6.45) is 1.19. The summed E-state index contributed by atoms with van der Waals surface area (Å²) in [4.78, 5) is 29.0. The number of rotatable bonds is 2. The summed E-state index contributed by atoms with van der Waals surface area (Å²) in [6.45, 7) is 0. The van der Waals surface area contributed by atoms with Crippen LogP contribution in [0.15, 0.2) is 41.3 Å². The second-order valence-electron chi connectivity index (χ2n) is 3.34. The Labute approximate surface area is 96.5 Å². The van der Waals surface area contributed by atoms with E-state index in [4.69, 9.17) is 5.73 Å². The monoisotopic (exact) mass is 230 g/mol. The van der Waals surface area contributed by atoms with Gasteiger partial charge in [-0.15, -0.1) is 0 Å². The molecule has 0 aliphatic carbocycles. The molecule has 1 heterocycles. The van der Waals surface area contributed by atoms with Crippen LogP contribution in [0.5, 0.6) is 0 Å². The van der Waals surface area contributed by atoms with E-state index in [1.54, 1.807) is 30.3 Å². The Morgan fingerprint density at radius 3 is 2.65 bits per heavy atom. The van der Waals surface area contributed by atoms with Crippen molar-refractivity contribution in [2.75, 3.05) is 11.1 Å². The van der Waals surface area contributed by atoms with E-state index in [1.165, 1.54) is 6.20 Å². The molecular weight excluding hydrogens is 220 g/mol. The van der Waals surface area contributed by atoms with Crippen LogP contribution in [0.2, 0.25) is 0 Å². The highest BCUT2D eigenvalue weighted by Crippen LogP contribution is 2.02. The number of carbonyl (C=O) groups excluding carboxylic acids is 1. The van der Waals surface area contributed by atoms with Crippen molar-refractivity contribution in [1.29, 1.82) is 0 Å². The lowest BCUT2D eigenvalue weighted by molar-refractivity contribution is 0.102. The van der Waals surface area contributed by atoms with Crippen LogP contribution < -0.4 is 16.6 Å². The molecule has 1 aromatic carbocycles. The smallest absolute Gasteiger partial charge is 0.275 e. The van der Waals surface area contributed by atoms with Gasteiger partial charge in [-0.25, -0.2) is 4.98 Å². The third-order valence-corrected chi connectivity index (χ3v) is 2.09. The fraction of sp³-hybridized carbons (Fsp3) is 0. The summed E-state index contributed by atoms with van der Waals surface area (Å²) in [7, 11) is 0. The third-order valence-electron chi connectivity index (χ3n) is 2.09. The first kappa shape index (κ1) is 10.9. The van der Waals surface area contributed by atoms with Crippen LogP contribution in [0.4, 0.5) is 11.6 Å². The number of carbonyl (C=O) groups is 1. The molecule has 0 unspecified atom stereocenters. The molecule has 0 aliphatic heterocycles. The van der Waals surface area contributed by atoms with Gasteiger partial charge in [0.25, 0.3) is 11.5 Å². The molecule has 0 saturated carbocycles. The number of nitrogens with two attached hydrogens (primary N) is 1. The minimum absolute atomic E-state index is 0.00251. The lowest BCUT2D eigenvalue weighted by Gasteiger charge is -2.03. The number of H-pyrrole nitrogens is 1. The van der Waals surface area contributed by atoms with E-state index in [-0.39, 0.29) is 17.5 Å². The number of hydrogen-bond acceptors (Lipinski definition) is 4. The number of aromatic amines is 1. The number of nitrogens with zero attached hydrogens (tertiary/aromatic N) is 1. The van der Waals surface area contributed by atoms with Crippen LogP contribution in [0.25, 0.3) is 0 Å². The Bertz CT molecular complexity index is 592. The van der Waals surface area contributed by atoms with Crippen LogP contribution in [-0.4, -0.2) is 15.9 Å². The quantitative estimate of drug-likeness (QED) is 0.703. The van der Waals surface area contributed by atoms with E-state index >= 15 is 0 Å². The van der Waals surface area contributed by atoms with Gasteiger partial charge < -0.3 is 5.73 Å². The molecule has 0 bridgehead atoms. The molecule has 6 heteroatoms. The van der Waals surface area contributed by atoms with Crippen LogP contribution in [-0.2, 0) is 0 Å². The van der Waals surface area contributed by atoms with Gasteiger partial charge in [0.1, 0.15) is 5.69 Å². The molecule has 0 spiro atoms. The van der Waals surface area contributed by atoms with Crippen LogP contribution in [0.3, 0.4) is 0 Å². The molecule has 2 aromatic rings. The Morgan fingerprint density at radius 1 is 1.29 bits per heavy atom. The van der Waals surface area contributed by atoms with Crippen molar-refractivity contribution in [1.82, 2.24) is 9.97 Å². The Balaban J connectivity index is 2.19. The summed E-state index contributed by atoms with van der Waals surface area (Å²) >= 11 is 0. The van der Waals surface area contributed by atoms with Gasteiger partial charge >= 0.3 is 0 Å². The predicted molar refractivity (Wildman–Crippen MR) is 63.7 cm³/mol. The van der Waals surface area contributed by atoms with E-state index in [1.807, 2.05) is 0 Å². The Hall–Kier alpha value is -2.63. The van der Waals surface area contributed by atoms with Crippen molar-refractivity contribution in [2.24, 2.45) is 0 Å². The molecule has 17 heavy (non-hydrogen) atoms. The molecule has 0 fully saturated rings. The summed E-state index contributed by atoms with van der Waals surface area (Å²) in [5.41, 5.74) is 5.31. The van der Waals surface area contributed by atoms with Crippen molar-refractivity contribution >= 4 is 17.5 Å². The highest BCUT2D eigenvalue weighted by atomic mass is 16.2. The SMILES string of the molecule is Nc1cnc(NC(=O)c2ccccc2)[nH]c1=O. The van der Waals surface area contributed by atoms with Crippen molar-refractivity contribution in [2.45, 2.75) is 0 Å². The Morgan fingerprint density at radius 2 is 2.00 bits per heavy atom. The first-order valence-electron chi connectivity index (χ1n) is 4.88. The summed E-state index contributed by atoms with van der Waals surface area (Å²) in [5.74, 6) is -0.281. The minimum atomic E-state index is -0.483. The predicted octanol–water partition coefficient (Wildman–Crippen LogP) is 0.604. The highest BCUT2D eigenvalue weighted by Gasteiger charge is 2.06. The van der Waals surface area contributed by atoms with Gasteiger partial charge in [0.05, 0.1) is 6.20 Å². The normalized spacial score (nSPS) is 9.88. The van der Waals surface area contributed by atoms with Crippen LogP contribution in [0.1, 0.15) is 10.4 Å². The maximum Gasteiger partial charge on any atom is 0.275 e. The van der Waals surface area contributed by atoms with E-state index in [2.05, 4.69) is 15.3 Å². The molecule has 0 atom stereocenters. The number of aromatic nitrogens is 2. The maximum atomic E-state index is 11.7. The van der Waals surface area contributed by atoms with Gasteiger partial charge in [0, 0.05) is 5.56 Å². The minimum Gasteiger partial charge on any atom is -0.393 e. The van der Waals surface area contributed by atoms with Gasteiger partial charge in [0.2, 0.25) is 5.95 Å². The summed E-state index contributed by atoms with van der Waals surface area (Å²) < 4.78 is 0. The number of anilines is 2. The topological polar surface area (TPSA) is 101 Å². The second-order valence-corrected chi connectivity index (χ2v) is 3.34. The number of nitrogens with one attached hydrogen (secondary N) is 2. The standard InChI is InChI=1S/C11H10N4O2/c12-8-6-13-11(15-10(8)17)14-9(16)7-4-2-1-3-5-7/h1-6H,12H2,(H2,13,14,15,16,17). The van der Waals surface area contributed by atoms with Crippen LogP contribution in [0, 0.1) is 0 Å². The van der Waals surface area contributed by atoms with E-state index in [9.17, 15) is 9.59 Å². The maximum absolute atomic E-state index is 11.7. The first-order valence-corrected chi connectivity index (χ1v) is 4.88. The van der Waals surface area contributed by atoms with E-state index < -0.39 is 5.56 Å². The zero-order valence-corrected chi connectivity index (χ0v) is 8.81. The molecule has 86 valence electrons. The Kier molecular flexibility index (Phi) is 2.87. The largest absolute Gasteiger partial charge is 0.393 e. The molecular formula is C11H10N4O2. The number of benzene rings is 1. The molecule has 1 aromatic heterocycles. The second kappa shape index (κ2) is 4.48. The van der Waals surface area contributed by atoms with Crippen molar-refractivity contribution in [3.05, 3.63) is 52.4 Å². The highest BCUT2D eigenvalue weighted by molar-refractivity contribution is 6.03. The molecule has 0 saturated heterocycles. The first-order chi connectivity index (χ1) is 8.16. The third kappa shape index (κ3) is 2.49. The van der Waals surface area contributed by atoms with Crippen molar-refractivity contribution in [3.8, 4) is 0 Å². The zero-order valence-electron chi connectivity index (χ0n) is 8.81. The van der Waals surface area contributed by atoms with Crippen LogP contribution >= 0.6 is 0 Å². The summed E-state index contributed by atoms with van der Waals surface area (Å²) in [5, 5.41) is 2.47. The van der Waals surface area contributed by atoms with E-state index in [0.29, 0.717) is 5.56 Å². The average molecular weight is 230 g/mol. The average Bonchev–Trinajstić information content (AvgIpc) is 2.35. The van der Waals surface area contributed by atoms with Crippen molar-refractivity contribution in [3.63, 3.8) is 0 Å². The van der Waals surface area contributed by atoms with Gasteiger partial charge in [0.15, 0.2) is 0 Å². The number of nitrogen functional groups attached to an aromatic ring is 1. The van der Waals surface area contributed by atoms with E-state index in [0.717, 1.165) is 0 Å². The van der Waals surface area contributed by atoms with Gasteiger partial charge in [-0.05, 0) is 12.1 Å². The molecule has 4 N–H and O–H groups in total. The molecule has 0 aliphatic rings. The fourth-order valence-corrected chi connectivity index (χ4v) is 1.24. The lowest BCUT2D eigenvalue weighted by Crippen LogP contribution is -2.19. The molecule has 2 rings (SSSR count). The number of hydrogen-bond donors (Lipinski definition) is 3. The summed E-state index contributed by atoms with van der Waals surface area (Å²) in [6, 6.07) is 8.61. The zero-order chi connectivity index (χ0) is 12.3.